The average Bonchev–Trinajstić information content (AvgIpc) is 2.58. The number of halogens is 2. The zero-order chi connectivity index (χ0) is 12.7. The molecule has 2 bridgehead atoms. The maximum Gasteiger partial charge on any atom is 0.136 e. The van der Waals surface area contributed by atoms with Gasteiger partial charge in [-0.3, -0.25) is 0 Å². The van der Waals surface area contributed by atoms with Gasteiger partial charge in [0.25, 0.3) is 0 Å². The first-order valence-electron chi connectivity index (χ1n) is 6.47. The smallest absolute Gasteiger partial charge is 0.136 e. The fourth-order valence-electron chi connectivity index (χ4n) is 3.20. The van der Waals surface area contributed by atoms with Crippen LogP contribution in [0.1, 0.15) is 25.7 Å². The van der Waals surface area contributed by atoms with Gasteiger partial charge in [0.1, 0.15) is 17.7 Å². The summed E-state index contributed by atoms with van der Waals surface area (Å²) in [5.41, 5.74) is 0. The third-order valence-electron chi connectivity index (χ3n) is 4.24. The Balaban J connectivity index is 1.72. The van der Waals surface area contributed by atoms with Crippen molar-refractivity contribution in [2.75, 3.05) is 7.05 Å². The van der Waals surface area contributed by atoms with Crippen molar-refractivity contribution in [2.24, 2.45) is 0 Å². The second kappa shape index (κ2) is 4.82. The quantitative estimate of drug-likeness (QED) is 0.827. The molecule has 2 fully saturated rings. The number of benzene rings is 1. The Morgan fingerprint density at radius 2 is 1.94 bits per heavy atom. The van der Waals surface area contributed by atoms with E-state index in [2.05, 4.69) is 27.9 Å². The molecule has 98 valence electrons. The highest BCUT2D eigenvalue weighted by Crippen LogP contribution is 2.37. The second-order valence-corrected chi connectivity index (χ2v) is 6.19. The van der Waals surface area contributed by atoms with Gasteiger partial charge < -0.3 is 9.64 Å². The molecule has 0 N–H and O–H groups in total. The van der Waals surface area contributed by atoms with Crippen LogP contribution in [-0.4, -0.2) is 30.1 Å². The lowest BCUT2D eigenvalue weighted by Crippen LogP contribution is -2.43. The van der Waals surface area contributed by atoms with Gasteiger partial charge in [-0.2, -0.15) is 0 Å². The molecule has 2 heterocycles. The molecule has 3 rings (SSSR count). The first-order valence-corrected chi connectivity index (χ1v) is 7.26. The predicted molar refractivity (Wildman–Crippen MR) is 72.3 cm³/mol. The van der Waals surface area contributed by atoms with Gasteiger partial charge in [-0.1, -0.05) is 0 Å². The summed E-state index contributed by atoms with van der Waals surface area (Å²) in [5, 5.41) is 0. The van der Waals surface area contributed by atoms with Crippen LogP contribution in [0.4, 0.5) is 4.39 Å². The molecule has 0 amide bonds. The molecule has 3 atom stereocenters. The van der Waals surface area contributed by atoms with Crippen LogP contribution in [0.15, 0.2) is 22.7 Å². The van der Waals surface area contributed by atoms with Gasteiger partial charge in [0.15, 0.2) is 0 Å². The molecule has 1 aromatic rings. The van der Waals surface area contributed by atoms with Gasteiger partial charge in [0.2, 0.25) is 0 Å². The Morgan fingerprint density at radius 3 is 2.61 bits per heavy atom. The van der Waals surface area contributed by atoms with Gasteiger partial charge in [-0.05, 0) is 60.8 Å². The predicted octanol–water partition coefficient (Wildman–Crippen LogP) is 3.59. The minimum Gasteiger partial charge on any atom is -0.489 e. The van der Waals surface area contributed by atoms with Crippen LogP contribution in [0.2, 0.25) is 0 Å². The van der Waals surface area contributed by atoms with E-state index in [4.69, 9.17) is 4.74 Å². The van der Waals surface area contributed by atoms with E-state index in [1.54, 1.807) is 6.07 Å². The van der Waals surface area contributed by atoms with Crippen LogP contribution in [0.5, 0.6) is 5.75 Å². The largest absolute Gasteiger partial charge is 0.489 e. The van der Waals surface area contributed by atoms with E-state index in [1.807, 2.05) is 0 Å². The van der Waals surface area contributed by atoms with Crippen LogP contribution in [0.25, 0.3) is 0 Å². The summed E-state index contributed by atoms with van der Waals surface area (Å²) >= 11 is 3.41. The van der Waals surface area contributed by atoms with E-state index in [-0.39, 0.29) is 11.9 Å². The topological polar surface area (TPSA) is 12.5 Å². The summed E-state index contributed by atoms with van der Waals surface area (Å²) in [7, 11) is 2.21. The van der Waals surface area contributed by atoms with Gasteiger partial charge in [-0.15, -0.1) is 0 Å². The average molecular weight is 314 g/mol. The van der Waals surface area contributed by atoms with Crippen molar-refractivity contribution in [3.8, 4) is 5.75 Å². The highest BCUT2D eigenvalue weighted by atomic mass is 79.9. The standard InChI is InChI=1S/C14H17BrFNO/c1-17-10-3-4-11(17)8-12(7-10)18-14-6-9(16)2-5-13(14)15/h2,5-6,10-12H,3-4,7-8H2,1H3/t10-,11+,12?. The molecule has 4 heteroatoms. The Morgan fingerprint density at radius 1 is 1.28 bits per heavy atom. The van der Waals surface area contributed by atoms with Gasteiger partial charge in [0, 0.05) is 18.2 Å². The monoisotopic (exact) mass is 313 g/mol. The van der Waals surface area contributed by atoms with E-state index >= 15 is 0 Å². The van der Waals surface area contributed by atoms with Crippen LogP contribution in [0.3, 0.4) is 0 Å². The zero-order valence-electron chi connectivity index (χ0n) is 10.4. The van der Waals surface area contributed by atoms with Crippen molar-refractivity contribution in [2.45, 2.75) is 43.9 Å². The Labute approximate surface area is 115 Å². The summed E-state index contributed by atoms with van der Waals surface area (Å²) in [6.45, 7) is 0. The number of hydrogen-bond donors (Lipinski definition) is 0. The van der Waals surface area contributed by atoms with Crippen LogP contribution in [-0.2, 0) is 0 Å². The van der Waals surface area contributed by atoms with Gasteiger partial charge in [-0.25, -0.2) is 4.39 Å². The second-order valence-electron chi connectivity index (χ2n) is 5.34. The fourth-order valence-corrected chi connectivity index (χ4v) is 3.54. The van der Waals surface area contributed by atoms with E-state index in [0.717, 1.165) is 17.3 Å². The lowest BCUT2D eigenvalue weighted by atomic mass is 10.0. The van der Waals surface area contributed by atoms with Crippen molar-refractivity contribution >= 4 is 15.9 Å². The van der Waals surface area contributed by atoms with E-state index in [1.165, 1.54) is 25.0 Å². The molecule has 2 nitrogen and oxygen atoms in total. The van der Waals surface area contributed by atoms with Crippen LogP contribution < -0.4 is 4.74 Å². The molecular weight excluding hydrogens is 297 g/mol. The highest BCUT2D eigenvalue weighted by molar-refractivity contribution is 9.10. The van der Waals surface area contributed by atoms with E-state index in [0.29, 0.717) is 17.8 Å². The van der Waals surface area contributed by atoms with Crippen molar-refractivity contribution in [1.29, 1.82) is 0 Å². The Kier molecular flexibility index (Phi) is 3.32. The van der Waals surface area contributed by atoms with E-state index < -0.39 is 0 Å². The summed E-state index contributed by atoms with van der Waals surface area (Å²) < 4.78 is 20.0. The molecule has 18 heavy (non-hydrogen) atoms. The van der Waals surface area contributed by atoms with Crippen molar-refractivity contribution in [1.82, 2.24) is 4.90 Å². The Hall–Kier alpha value is -0.610. The number of piperidine rings is 1. The molecule has 0 spiro atoms. The van der Waals surface area contributed by atoms with Gasteiger partial charge in [0.05, 0.1) is 4.47 Å². The lowest BCUT2D eigenvalue weighted by molar-refractivity contribution is 0.0655. The summed E-state index contributed by atoms with van der Waals surface area (Å²) in [6, 6.07) is 5.88. The summed E-state index contributed by atoms with van der Waals surface area (Å²) in [5.74, 6) is 0.382. The van der Waals surface area contributed by atoms with Crippen molar-refractivity contribution in [3.63, 3.8) is 0 Å². The molecule has 1 aromatic carbocycles. The molecule has 2 aliphatic rings. The molecule has 0 aromatic heterocycles. The molecule has 1 unspecified atom stereocenters. The minimum absolute atomic E-state index is 0.219. The fraction of sp³-hybridized carbons (Fsp3) is 0.571. The van der Waals surface area contributed by atoms with Crippen LogP contribution >= 0.6 is 15.9 Å². The number of ether oxygens (including phenoxy) is 1. The molecule has 2 aliphatic heterocycles. The lowest BCUT2D eigenvalue weighted by Gasteiger charge is -2.36. The third-order valence-corrected chi connectivity index (χ3v) is 4.90. The number of rotatable bonds is 2. The summed E-state index contributed by atoms with van der Waals surface area (Å²) in [4.78, 5) is 2.47. The molecule has 0 aliphatic carbocycles. The SMILES string of the molecule is CN1[C@@H]2CC[C@H]1CC(Oc1cc(F)ccc1Br)C2. The highest BCUT2D eigenvalue weighted by Gasteiger charge is 2.39. The molecule has 0 radical (unpaired) electrons. The molecule has 0 saturated carbocycles. The number of fused-ring (bicyclic) bond motifs is 2. The maximum absolute atomic E-state index is 13.2. The van der Waals surface area contributed by atoms with Crippen LogP contribution in [0, 0.1) is 5.82 Å². The zero-order valence-corrected chi connectivity index (χ0v) is 12.0. The van der Waals surface area contributed by atoms with Crippen molar-refractivity contribution < 1.29 is 9.13 Å². The summed E-state index contributed by atoms with van der Waals surface area (Å²) in [6.07, 6.45) is 4.86. The minimum atomic E-state index is -0.246. The van der Waals surface area contributed by atoms with Crippen molar-refractivity contribution in [3.05, 3.63) is 28.5 Å². The number of nitrogens with zero attached hydrogens (tertiary/aromatic N) is 1. The first-order chi connectivity index (χ1) is 8.63. The third kappa shape index (κ3) is 2.28. The first kappa shape index (κ1) is 12.4. The molecular formula is C14H17BrFNO. The maximum atomic E-state index is 13.2. The normalized spacial score (nSPS) is 31.6. The van der Waals surface area contributed by atoms with E-state index in [9.17, 15) is 4.39 Å². The van der Waals surface area contributed by atoms with Gasteiger partial charge >= 0.3 is 0 Å². The number of hydrogen-bond acceptors (Lipinski definition) is 2. The Bertz CT molecular complexity index is 439. The molecule has 2 saturated heterocycles.